The van der Waals surface area contributed by atoms with Crippen LogP contribution < -0.4 is 4.90 Å². The van der Waals surface area contributed by atoms with E-state index in [1.807, 2.05) is 12.1 Å². The van der Waals surface area contributed by atoms with E-state index in [4.69, 9.17) is 0 Å². The molecule has 2 aliphatic heterocycles. The second-order valence-corrected chi connectivity index (χ2v) is 9.18. The minimum Gasteiger partial charge on any atom is -0.354 e. The van der Waals surface area contributed by atoms with Crippen LogP contribution in [-0.4, -0.2) is 61.3 Å². The van der Waals surface area contributed by atoms with Crippen LogP contribution in [-0.2, 0) is 10.2 Å². The quantitative estimate of drug-likeness (QED) is 0.774. The maximum absolute atomic E-state index is 12.8. The molecule has 1 unspecified atom stereocenters. The lowest BCUT2D eigenvalue weighted by Crippen LogP contribution is -2.54. The number of piperazine rings is 1. The molecular formula is C15H23BrN4O2S. The third-order valence-electron chi connectivity index (χ3n) is 4.55. The molecule has 0 spiro atoms. The van der Waals surface area contributed by atoms with E-state index >= 15 is 0 Å². The maximum Gasteiger partial charge on any atom is 0.282 e. The van der Waals surface area contributed by atoms with Gasteiger partial charge < -0.3 is 4.90 Å². The molecule has 3 rings (SSSR count). The average Bonchev–Trinajstić information content (AvgIpc) is 2.56. The highest BCUT2D eigenvalue weighted by atomic mass is 79.9. The maximum atomic E-state index is 12.8. The third kappa shape index (κ3) is 3.87. The second-order valence-electron chi connectivity index (χ2n) is 6.33. The minimum atomic E-state index is -3.32. The number of piperidine rings is 1. The molecular weight excluding hydrogens is 380 g/mol. The van der Waals surface area contributed by atoms with Crippen LogP contribution in [0.4, 0.5) is 5.82 Å². The van der Waals surface area contributed by atoms with Gasteiger partial charge in [-0.1, -0.05) is 6.92 Å². The number of hydrogen-bond donors (Lipinski definition) is 0. The number of rotatable bonds is 3. The molecule has 2 aliphatic rings. The van der Waals surface area contributed by atoms with Crippen LogP contribution in [0.15, 0.2) is 22.8 Å². The van der Waals surface area contributed by atoms with Crippen molar-refractivity contribution in [3.05, 3.63) is 22.8 Å². The highest BCUT2D eigenvalue weighted by Crippen LogP contribution is 2.23. The molecule has 8 heteroatoms. The summed E-state index contributed by atoms with van der Waals surface area (Å²) in [5.41, 5.74) is 0. The fourth-order valence-corrected chi connectivity index (χ4v) is 5.21. The lowest BCUT2D eigenvalue weighted by atomic mass is 10.0. The van der Waals surface area contributed by atoms with E-state index in [2.05, 4.69) is 32.7 Å². The Hall–Kier alpha value is -0.700. The Labute approximate surface area is 146 Å². The lowest BCUT2D eigenvalue weighted by Gasteiger charge is -2.39. The fraction of sp³-hybridized carbons (Fsp3) is 0.667. The molecule has 0 aromatic carbocycles. The number of hydrogen-bond acceptors (Lipinski definition) is 4. The normalized spacial score (nSPS) is 24.8. The van der Waals surface area contributed by atoms with Crippen molar-refractivity contribution in [3.63, 3.8) is 0 Å². The van der Waals surface area contributed by atoms with Gasteiger partial charge in [-0.2, -0.15) is 17.0 Å². The Bertz CT molecular complexity index is 629. The molecule has 1 aromatic rings. The van der Waals surface area contributed by atoms with Crippen molar-refractivity contribution >= 4 is 32.0 Å². The first kappa shape index (κ1) is 17.1. The van der Waals surface area contributed by atoms with Crippen LogP contribution in [0.25, 0.3) is 0 Å². The summed E-state index contributed by atoms with van der Waals surface area (Å²) in [6.45, 7) is 5.82. The van der Waals surface area contributed by atoms with Crippen molar-refractivity contribution in [1.82, 2.24) is 13.6 Å². The largest absolute Gasteiger partial charge is 0.354 e. The van der Waals surface area contributed by atoms with Gasteiger partial charge in [-0.15, -0.1) is 0 Å². The first-order chi connectivity index (χ1) is 11.0. The Balaban J connectivity index is 1.62. The first-order valence-corrected chi connectivity index (χ1v) is 10.3. The van der Waals surface area contributed by atoms with Gasteiger partial charge in [0.1, 0.15) is 5.82 Å². The van der Waals surface area contributed by atoms with Gasteiger partial charge in [0.15, 0.2) is 0 Å². The molecule has 2 fully saturated rings. The zero-order valence-electron chi connectivity index (χ0n) is 13.4. The number of pyridine rings is 1. The molecule has 0 bridgehead atoms. The van der Waals surface area contributed by atoms with Gasteiger partial charge in [0.05, 0.1) is 0 Å². The van der Waals surface area contributed by atoms with E-state index in [0.717, 1.165) is 23.1 Å². The summed E-state index contributed by atoms with van der Waals surface area (Å²) in [6, 6.07) is 3.92. The molecule has 0 aliphatic carbocycles. The molecule has 23 heavy (non-hydrogen) atoms. The molecule has 1 aromatic heterocycles. The molecule has 3 heterocycles. The highest BCUT2D eigenvalue weighted by molar-refractivity contribution is 9.10. The van der Waals surface area contributed by atoms with Gasteiger partial charge in [-0.05, 0) is 46.8 Å². The third-order valence-corrected chi connectivity index (χ3v) is 7.02. The Kier molecular flexibility index (Phi) is 5.25. The van der Waals surface area contributed by atoms with E-state index in [1.165, 1.54) is 0 Å². The predicted molar refractivity (Wildman–Crippen MR) is 94.6 cm³/mol. The van der Waals surface area contributed by atoms with Crippen LogP contribution in [0, 0.1) is 5.92 Å². The van der Waals surface area contributed by atoms with Crippen LogP contribution >= 0.6 is 15.9 Å². The second kappa shape index (κ2) is 7.04. The van der Waals surface area contributed by atoms with Crippen molar-refractivity contribution in [2.75, 3.05) is 44.2 Å². The summed E-state index contributed by atoms with van der Waals surface area (Å²) < 4.78 is 29.8. The average molecular weight is 403 g/mol. The summed E-state index contributed by atoms with van der Waals surface area (Å²) in [5, 5.41) is 0. The van der Waals surface area contributed by atoms with E-state index in [9.17, 15) is 8.42 Å². The molecule has 1 atom stereocenters. The van der Waals surface area contributed by atoms with Crippen LogP contribution in [0.3, 0.4) is 0 Å². The zero-order chi connectivity index (χ0) is 16.4. The summed E-state index contributed by atoms with van der Waals surface area (Å²) in [4.78, 5) is 6.53. The van der Waals surface area contributed by atoms with Gasteiger partial charge in [0.2, 0.25) is 0 Å². The first-order valence-electron chi connectivity index (χ1n) is 8.08. The smallest absolute Gasteiger partial charge is 0.282 e. The van der Waals surface area contributed by atoms with Crippen molar-refractivity contribution in [2.24, 2.45) is 5.92 Å². The summed E-state index contributed by atoms with van der Waals surface area (Å²) in [5.74, 6) is 1.35. The van der Waals surface area contributed by atoms with Gasteiger partial charge in [0.25, 0.3) is 10.2 Å². The van der Waals surface area contributed by atoms with Crippen LogP contribution in [0.1, 0.15) is 19.8 Å². The summed E-state index contributed by atoms with van der Waals surface area (Å²) in [6.07, 6.45) is 3.85. The predicted octanol–water partition coefficient (Wildman–Crippen LogP) is 1.94. The van der Waals surface area contributed by atoms with Crippen molar-refractivity contribution < 1.29 is 8.42 Å². The van der Waals surface area contributed by atoms with Crippen molar-refractivity contribution in [2.45, 2.75) is 19.8 Å². The number of nitrogens with zero attached hydrogens (tertiary/aromatic N) is 4. The molecule has 0 amide bonds. The fourth-order valence-electron chi connectivity index (χ4n) is 3.22. The number of aromatic nitrogens is 1. The van der Waals surface area contributed by atoms with Gasteiger partial charge >= 0.3 is 0 Å². The topological polar surface area (TPSA) is 56.8 Å². The van der Waals surface area contributed by atoms with E-state index in [0.29, 0.717) is 45.2 Å². The monoisotopic (exact) mass is 402 g/mol. The van der Waals surface area contributed by atoms with E-state index in [-0.39, 0.29) is 0 Å². The Morgan fingerprint density at radius 2 is 1.87 bits per heavy atom. The Morgan fingerprint density at radius 3 is 2.48 bits per heavy atom. The van der Waals surface area contributed by atoms with Gasteiger partial charge in [-0.25, -0.2) is 4.98 Å². The molecule has 2 saturated heterocycles. The van der Waals surface area contributed by atoms with Gasteiger partial charge in [-0.3, -0.25) is 0 Å². The molecule has 0 saturated carbocycles. The standard InChI is InChI=1S/C15H23BrN4O2S/c1-13-3-2-6-20(12-13)23(21,22)19-9-7-18(8-10-19)15-5-4-14(16)11-17-15/h4-5,11,13H,2-3,6-10,12H2,1H3. The zero-order valence-corrected chi connectivity index (χ0v) is 15.8. The molecule has 0 radical (unpaired) electrons. The van der Waals surface area contributed by atoms with Crippen LogP contribution in [0.2, 0.25) is 0 Å². The van der Waals surface area contributed by atoms with E-state index in [1.54, 1.807) is 14.8 Å². The van der Waals surface area contributed by atoms with Crippen molar-refractivity contribution in [3.8, 4) is 0 Å². The summed E-state index contributed by atoms with van der Waals surface area (Å²) in [7, 11) is -3.32. The molecule has 6 nitrogen and oxygen atoms in total. The lowest BCUT2D eigenvalue weighted by molar-refractivity contribution is 0.254. The Morgan fingerprint density at radius 1 is 1.13 bits per heavy atom. The number of halogens is 1. The molecule has 128 valence electrons. The SMILES string of the molecule is CC1CCCN(S(=O)(=O)N2CCN(c3ccc(Br)cn3)CC2)C1. The summed E-state index contributed by atoms with van der Waals surface area (Å²) >= 11 is 3.38. The number of anilines is 1. The van der Waals surface area contributed by atoms with Gasteiger partial charge in [0, 0.05) is 49.9 Å². The van der Waals surface area contributed by atoms with Crippen LogP contribution in [0.5, 0.6) is 0 Å². The van der Waals surface area contributed by atoms with E-state index < -0.39 is 10.2 Å². The minimum absolute atomic E-state index is 0.451. The molecule has 0 N–H and O–H groups in total. The van der Waals surface area contributed by atoms with Crippen molar-refractivity contribution in [1.29, 1.82) is 0 Å². The highest BCUT2D eigenvalue weighted by Gasteiger charge is 2.34.